The standard InChI is InChI=1S/C13H22N2O3/c1-6-9(5)11(12(16)17)15-13(18)14-10(7-2)8(3)4/h2,8-11H,6H2,1,3-5H3,(H,16,17)(H2,14,15,18)/t9?,10?,11-/m0/s1. The van der Waals surface area contributed by atoms with Crippen LogP contribution < -0.4 is 10.6 Å². The highest BCUT2D eigenvalue weighted by atomic mass is 16.4. The number of carboxylic acids is 1. The van der Waals surface area contributed by atoms with Crippen molar-refractivity contribution >= 4 is 12.0 Å². The predicted octanol–water partition coefficient (Wildman–Crippen LogP) is 1.44. The molecule has 0 heterocycles. The molecule has 3 atom stereocenters. The van der Waals surface area contributed by atoms with Crippen molar-refractivity contribution in [3.63, 3.8) is 0 Å². The fourth-order valence-electron chi connectivity index (χ4n) is 1.41. The van der Waals surface area contributed by atoms with Gasteiger partial charge in [0, 0.05) is 0 Å². The number of carboxylic acid groups (broad SMARTS) is 1. The minimum absolute atomic E-state index is 0.0904. The Hall–Kier alpha value is -1.70. The lowest BCUT2D eigenvalue weighted by atomic mass is 9.99. The number of nitrogens with one attached hydrogen (secondary N) is 2. The lowest BCUT2D eigenvalue weighted by Crippen LogP contribution is -2.52. The fourth-order valence-corrected chi connectivity index (χ4v) is 1.41. The van der Waals surface area contributed by atoms with Crippen LogP contribution in [-0.2, 0) is 4.79 Å². The monoisotopic (exact) mass is 254 g/mol. The van der Waals surface area contributed by atoms with Crippen LogP contribution >= 0.6 is 0 Å². The molecule has 5 nitrogen and oxygen atoms in total. The average Bonchev–Trinajstić information content (AvgIpc) is 2.31. The number of carbonyl (C=O) groups is 2. The normalized spacial score (nSPS) is 15.3. The second-order valence-corrected chi connectivity index (χ2v) is 4.71. The maximum atomic E-state index is 11.7. The van der Waals surface area contributed by atoms with E-state index in [4.69, 9.17) is 11.5 Å². The van der Waals surface area contributed by atoms with Crippen LogP contribution in [0.25, 0.3) is 0 Å². The number of terminal acetylenes is 1. The van der Waals surface area contributed by atoms with Crippen molar-refractivity contribution in [2.24, 2.45) is 11.8 Å². The highest BCUT2D eigenvalue weighted by molar-refractivity contribution is 5.83. The molecule has 2 unspecified atom stereocenters. The van der Waals surface area contributed by atoms with Crippen molar-refractivity contribution in [1.29, 1.82) is 0 Å². The van der Waals surface area contributed by atoms with Gasteiger partial charge in [0.2, 0.25) is 0 Å². The van der Waals surface area contributed by atoms with E-state index in [1.54, 1.807) is 6.92 Å². The third-order valence-corrected chi connectivity index (χ3v) is 2.90. The van der Waals surface area contributed by atoms with Crippen LogP contribution in [0, 0.1) is 24.2 Å². The highest BCUT2D eigenvalue weighted by Crippen LogP contribution is 2.08. The Morgan fingerprint density at radius 1 is 1.28 bits per heavy atom. The lowest BCUT2D eigenvalue weighted by molar-refractivity contribution is -0.140. The molecule has 0 aromatic heterocycles. The van der Waals surface area contributed by atoms with E-state index in [2.05, 4.69) is 16.6 Å². The molecule has 0 aliphatic carbocycles. The molecule has 18 heavy (non-hydrogen) atoms. The summed E-state index contributed by atoms with van der Waals surface area (Å²) in [5, 5.41) is 14.1. The van der Waals surface area contributed by atoms with E-state index >= 15 is 0 Å². The first-order valence-electron chi connectivity index (χ1n) is 6.09. The fraction of sp³-hybridized carbons (Fsp3) is 0.692. The summed E-state index contributed by atoms with van der Waals surface area (Å²) in [6.07, 6.45) is 5.96. The molecule has 0 radical (unpaired) electrons. The van der Waals surface area contributed by atoms with Crippen molar-refractivity contribution in [2.45, 2.75) is 46.2 Å². The van der Waals surface area contributed by atoms with Crippen molar-refractivity contribution in [3.8, 4) is 12.3 Å². The van der Waals surface area contributed by atoms with Gasteiger partial charge in [-0.1, -0.05) is 40.0 Å². The summed E-state index contributed by atoms with van der Waals surface area (Å²) in [6.45, 7) is 7.42. The van der Waals surface area contributed by atoms with Crippen LogP contribution in [0.1, 0.15) is 34.1 Å². The first-order chi connectivity index (χ1) is 8.33. The summed E-state index contributed by atoms with van der Waals surface area (Å²) in [4.78, 5) is 22.7. The van der Waals surface area contributed by atoms with Crippen molar-refractivity contribution in [3.05, 3.63) is 0 Å². The molecule has 0 aromatic carbocycles. The minimum Gasteiger partial charge on any atom is -0.480 e. The zero-order valence-corrected chi connectivity index (χ0v) is 11.4. The number of rotatable bonds is 6. The zero-order valence-electron chi connectivity index (χ0n) is 11.4. The number of amides is 2. The number of carbonyl (C=O) groups excluding carboxylic acids is 1. The molecule has 0 bridgehead atoms. The second kappa shape index (κ2) is 7.59. The van der Waals surface area contributed by atoms with Gasteiger partial charge >= 0.3 is 12.0 Å². The third kappa shape index (κ3) is 5.09. The van der Waals surface area contributed by atoms with E-state index in [9.17, 15) is 9.59 Å². The zero-order chi connectivity index (χ0) is 14.3. The predicted molar refractivity (Wildman–Crippen MR) is 70.0 cm³/mol. The SMILES string of the molecule is C#CC(NC(=O)N[C@H](C(=O)O)C(C)CC)C(C)C. The van der Waals surface area contributed by atoms with Gasteiger partial charge in [-0.15, -0.1) is 6.42 Å². The van der Waals surface area contributed by atoms with Crippen LogP contribution in [0.15, 0.2) is 0 Å². The van der Waals surface area contributed by atoms with Crippen LogP contribution in [0.3, 0.4) is 0 Å². The Balaban J connectivity index is 4.53. The molecule has 0 rings (SSSR count). The molecule has 0 saturated heterocycles. The average molecular weight is 254 g/mol. The number of hydrogen-bond donors (Lipinski definition) is 3. The third-order valence-electron chi connectivity index (χ3n) is 2.90. The van der Waals surface area contributed by atoms with Gasteiger partial charge < -0.3 is 15.7 Å². The van der Waals surface area contributed by atoms with Crippen molar-refractivity contribution in [2.75, 3.05) is 0 Å². The van der Waals surface area contributed by atoms with Gasteiger partial charge in [0.05, 0.1) is 6.04 Å². The number of urea groups is 1. The molecule has 0 fully saturated rings. The Bertz CT molecular complexity index is 334. The first-order valence-corrected chi connectivity index (χ1v) is 6.09. The molecular formula is C13H22N2O3. The molecule has 0 aromatic rings. The Morgan fingerprint density at radius 2 is 1.83 bits per heavy atom. The highest BCUT2D eigenvalue weighted by Gasteiger charge is 2.26. The largest absolute Gasteiger partial charge is 0.480 e. The van der Waals surface area contributed by atoms with Crippen LogP contribution in [0.5, 0.6) is 0 Å². The number of aliphatic carboxylic acids is 1. The summed E-state index contributed by atoms with van der Waals surface area (Å²) in [5.74, 6) is 1.37. The van der Waals surface area contributed by atoms with E-state index in [1.165, 1.54) is 0 Å². The summed E-state index contributed by atoms with van der Waals surface area (Å²) in [7, 11) is 0. The summed E-state index contributed by atoms with van der Waals surface area (Å²) >= 11 is 0. The smallest absolute Gasteiger partial charge is 0.326 e. The van der Waals surface area contributed by atoms with Gasteiger partial charge in [-0.25, -0.2) is 9.59 Å². The van der Waals surface area contributed by atoms with E-state index in [1.807, 2.05) is 20.8 Å². The van der Waals surface area contributed by atoms with Gasteiger partial charge in [-0.2, -0.15) is 0 Å². The Kier molecular flexibility index (Phi) is 6.88. The van der Waals surface area contributed by atoms with Gasteiger partial charge in [-0.05, 0) is 11.8 Å². The van der Waals surface area contributed by atoms with E-state index < -0.39 is 24.1 Å². The molecule has 5 heteroatoms. The van der Waals surface area contributed by atoms with Gasteiger partial charge in [0.15, 0.2) is 0 Å². The van der Waals surface area contributed by atoms with E-state index in [0.717, 1.165) is 0 Å². The second-order valence-electron chi connectivity index (χ2n) is 4.71. The maximum absolute atomic E-state index is 11.7. The molecule has 0 aliphatic heterocycles. The van der Waals surface area contributed by atoms with E-state index in [-0.39, 0.29) is 11.8 Å². The molecule has 0 aliphatic rings. The van der Waals surface area contributed by atoms with Crippen molar-refractivity contribution in [1.82, 2.24) is 10.6 Å². The van der Waals surface area contributed by atoms with Crippen LogP contribution in [0.4, 0.5) is 4.79 Å². The van der Waals surface area contributed by atoms with Crippen LogP contribution in [-0.4, -0.2) is 29.2 Å². The molecule has 102 valence electrons. The van der Waals surface area contributed by atoms with Crippen molar-refractivity contribution < 1.29 is 14.7 Å². The topological polar surface area (TPSA) is 78.4 Å². The lowest BCUT2D eigenvalue weighted by Gasteiger charge is -2.22. The summed E-state index contributed by atoms with van der Waals surface area (Å²) in [5.41, 5.74) is 0. The van der Waals surface area contributed by atoms with Gasteiger partial charge in [0.1, 0.15) is 6.04 Å². The molecule has 3 N–H and O–H groups in total. The Morgan fingerprint density at radius 3 is 2.17 bits per heavy atom. The summed E-state index contributed by atoms with van der Waals surface area (Å²) < 4.78 is 0. The molecule has 0 spiro atoms. The quantitative estimate of drug-likeness (QED) is 0.628. The molecule has 0 saturated carbocycles. The molecule has 2 amide bonds. The number of hydrogen-bond acceptors (Lipinski definition) is 2. The van der Waals surface area contributed by atoms with Gasteiger partial charge in [0.25, 0.3) is 0 Å². The van der Waals surface area contributed by atoms with E-state index in [0.29, 0.717) is 6.42 Å². The van der Waals surface area contributed by atoms with Gasteiger partial charge in [-0.3, -0.25) is 0 Å². The first kappa shape index (κ1) is 16.3. The maximum Gasteiger partial charge on any atom is 0.326 e. The molecular weight excluding hydrogens is 232 g/mol. The van der Waals surface area contributed by atoms with Crippen LogP contribution in [0.2, 0.25) is 0 Å². The summed E-state index contributed by atoms with van der Waals surface area (Å²) in [6, 6.07) is -1.85. The minimum atomic E-state index is -1.04. The Labute approximate surface area is 108 Å².